The van der Waals surface area contributed by atoms with E-state index in [1.54, 1.807) is 0 Å². The highest BCUT2D eigenvalue weighted by Crippen LogP contribution is 2.27. The average molecular weight is 236 g/mol. The van der Waals surface area contributed by atoms with Crippen LogP contribution in [-0.4, -0.2) is 16.0 Å². The summed E-state index contributed by atoms with van der Waals surface area (Å²) in [6.07, 6.45) is 2.59. The van der Waals surface area contributed by atoms with Gasteiger partial charge in [-0.25, -0.2) is 9.97 Å². The highest BCUT2D eigenvalue weighted by atomic mass is 15.1. The molecule has 0 saturated carbocycles. The molecule has 0 spiro atoms. The lowest BCUT2D eigenvalue weighted by Gasteiger charge is -2.24. The molecule has 1 atom stereocenters. The minimum absolute atomic E-state index is 0.323. The molecule has 0 aromatic carbocycles. The van der Waals surface area contributed by atoms with Crippen molar-refractivity contribution in [2.75, 3.05) is 11.1 Å². The SMILES string of the molecule is CCC(Nc1ncnc(N)c1C(C)C)C(C)C. The normalized spacial score (nSPS) is 13.1. The maximum atomic E-state index is 5.92. The van der Waals surface area contributed by atoms with E-state index in [9.17, 15) is 0 Å². The molecule has 1 aromatic heterocycles. The first-order valence-corrected chi connectivity index (χ1v) is 6.34. The molecule has 0 saturated heterocycles. The van der Waals surface area contributed by atoms with Gasteiger partial charge in [0.05, 0.1) is 0 Å². The maximum absolute atomic E-state index is 5.92. The number of aromatic nitrogens is 2. The Hall–Kier alpha value is -1.32. The Balaban J connectivity index is 3.01. The van der Waals surface area contributed by atoms with E-state index in [1.165, 1.54) is 6.33 Å². The van der Waals surface area contributed by atoms with E-state index in [1.807, 2.05) is 0 Å². The van der Waals surface area contributed by atoms with Gasteiger partial charge in [-0.2, -0.15) is 0 Å². The highest BCUT2D eigenvalue weighted by Gasteiger charge is 2.17. The Labute approximate surface area is 104 Å². The summed E-state index contributed by atoms with van der Waals surface area (Å²) >= 11 is 0. The van der Waals surface area contributed by atoms with Crippen LogP contribution >= 0.6 is 0 Å². The van der Waals surface area contributed by atoms with Crippen molar-refractivity contribution in [1.82, 2.24) is 9.97 Å². The molecule has 0 fully saturated rings. The smallest absolute Gasteiger partial charge is 0.135 e. The quantitative estimate of drug-likeness (QED) is 0.824. The molecule has 1 unspecified atom stereocenters. The molecule has 0 aliphatic carbocycles. The van der Waals surface area contributed by atoms with Crippen LogP contribution in [0.25, 0.3) is 0 Å². The molecule has 4 heteroatoms. The van der Waals surface area contributed by atoms with Gasteiger partial charge in [-0.05, 0) is 18.3 Å². The minimum atomic E-state index is 0.323. The molecular formula is C13H24N4. The van der Waals surface area contributed by atoms with Gasteiger partial charge in [-0.1, -0.05) is 34.6 Å². The highest BCUT2D eigenvalue weighted by molar-refractivity contribution is 5.57. The number of nitrogens with zero attached hydrogens (tertiary/aromatic N) is 2. The predicted octanol–water partition coefficient (Wildman–Crippen LogP) is 3.03. The van der Waals surface area contributed by atoms with Crippen LogP contribution in [0.2, 0.25) is 0 Å². The molecule has 96 valence electrons. The molecule has 1 rings (SSSR count). The summed E-state index contributed by atoms with van der Waals surface area (Å²) in [5.41, 5.74) is 6.94. The third-order valence-electron chi connectivity index (χ3n) is 3.06. The van der Waals surface area contributed by atoms with Gasteiger partial charge in [0.2, 0.25) is 0 Å². The Morgan fingerprint density at radius 2 is 1.88 bits per heavy atom. The monoisotopic (exact) mass is 236 g/mol. The third kappa shape index (κ3) is 3.32. The van der Waals surface area contributed by atoms with Crippen LogP contribution in [0.1, 0.15) is 52.5 Å². The largest absolute Gasteiger partial charge is 0.383 e. The van der Waals surface area contributed by atoms with Gasteiger partial charge in [0.15, 0.2) is 0 Å². The zero-order chi connectivity index (χ0) is 13.0. The summed E-state index contributed by atoms with van der Waals surface area (Å²) in [7, 11) is 0. The zero-order valence-corrected chi connectivity index (χ0v) is 11.5. The maximum Gasteiger partial charge on any atom is 0.135 e. The fraction of sp³-hybridized carbons (Fsp3) is 0.692. The second-order valence-electron chi connectivity index (χ2n) is 5.08. The van der Waals surface area contributed by atoms with E-state index in [-0.39, 0.29) is 0 Å². The lowest BCUT2D eigenvalue weighted by atomic mass is 10.00. The van der Waals surface area contributed by atoms with E-state index >= 15 is 0 Å². The Morgan fingerprint density at radius 1 is 1.24 bits per heavy atom. The van der Waals surface area contributed by atoms with Crippen molar-refractivity contribution in [2.45, 2.75) is 53.0 Å². The van der Waals surface area contributed by atoms with Gasteiger partial charge in [-0.15, -0.1) is 0 Å². The number of hydrogen-bond donors (Lipinski definition) is 2. The topological polar surface area (TPSA) is 63.8 Å². The lowest BCUT2D eigenvalue weighted by molar-refractivity contribution is 0.509. The minimum Gasteiger partial charge on any atom is -0.383 e. The van der Waals surface area contributed by atoms with Crippen LogP contribution in [0.4, 0.5) is 11.6 Å². The van der Waals surface area contributed by atoms with E-state index < -0.39 is 0 Å². The van der Waals surface area contributed by atoms with Gasteiger partial charge >= 0.3 is 0 Å². The van der Waals surface area contributed by atoms with Gasteiger partial charge < -0.3 is 11.1 Å². The molecule has 3 N–H and O–H groups in total. The van der Waals surface area contributed by atoms with Crippen LogP contribution in [0.3, 0.4) is 0 Å². The van der Waals surface area contributed by atoms with Crippen molar-refractivity contribution < 1.29 is 0 Å². The van der Waals surface area contributed by atoms with Crippen LogP contribution in [0, 0.1) is 5.92 Å². The number of anilines is 2. The summed E-state index contributed by atoms with van der Waals surface area (Å²) in [6, 6.07) is 0.418. The first-order chi connectivity index (χ1) is 7.97. The molecule has 0 bridgehead atoms. The molecule has 0 amide bonds. The van der Waals surface area contributed by atoms with E-state index in [0.717, 1.165) is 17.8 Å². The van der Waals surface area contributed by atoms with Crippen LogP contribution in [0.5, 0.6) is 0 Å². The zero-order valence-electron chi connectivity index (χ0n) is 11.5. The molecule has 0 aliphatic rings. The Bertz CT molecular complexity index is 360. The molecule has 0 radical (unpaired) electrons. The van der Waals surface area contributed by atoms with E-state index in [0.29, 0.717) is 23.7 Å². The number of rotatable bonds is 5. The van der Waals surface area contributed by atoms with Gasteiger partial charge in [0.25, 0.3) is 0 Å². The average Bonchev–Trinajstić information content (AvgIpc) is 2.24. The summed E-state index contributed by atoms with van der Waals surface area (Å²) in [4.78, 5) is 8.39. The van der Waals surface area contributed by atoms with Crippen molar-refractivity contribution in [3.8, 4) is 0 Å². The van der Waals surface area contributed by atoms with Crippen molar-refractivity contribution in [2.24, 2.45) is 5.92 Å². The standard InChI is InChI=1S/C13H24N4/c1-6-10(8(2)3)17-13-11(9(4)5)12(14)15-7-16-13/h7-10H,6H2,1-5H3,(H3,14,15,16,17). The van der Waals surface area contributed by atoms with Crippen molar-refractivity contribution >= 4 is 11.6 Å². The number of hydrogen-bond acceptors (Lipinski definition) is 4. The summed E-state index contributed by atoms with van der Waals surface area (Å²) < 4.78 is 0. The lowest BCUT2D eigenvalue weighted by Crippen LogP contribution is -2.26. The second kappa shape index (κ2) is 5.84. The molecule has 0 aliphatic heterocycles. The van der Waals surface area contributed by atoms with Gasteiger partial charge in [0, 0.05) is 11.6 Å². The fourth-order valence-corrected chi connectivity index (χ4v) is 2.01. The molecule has 1 aromatic rings. The summed E-state index contributed by atoms with van der Waals surface area (Å²) in [5.74, 6) is 2.35. The molecule has 1 heterocycles. The van der Waals surface area contributed by atoms with E-state index in [2.05, 4.69) is 49.9 Å². The van der Waals surface area contributed by atoms with Crippen LogP contribution < -0.4 is 11.1 Å². The van der Waals surface area contributed by atoms with Gasteiger partial charge in [-0.3, -0.25) is 0 Å². The summed E-state index contributed by atoms with van der Waals surface area (Å²) in [5, 5.41) is 3.49. The van der Waals surface area contributed by atoms with Crippen molar-refractivity contribution in [1.29, 1.82) is 0 Å². The Morgan fingerprint density at radius 3 is 2.35 bits per heavy atom. The van der Waals surface area contributed by atoms with Crippen molar-refractivity contribution in [3.05, 3.63) is 11.9 Å². The predicted molar refractivity (Wildman–Crippen MR) is 73.1 cm³/mol. The summed E-state index contributed by atoms with van der Waals surface area (Å²) in [6.45, 7) is 10.8. The van der Waals surface area contributed by atoms with Gasteiger partial charge in [0.1, 0.15) is 18.0 Å². The van der Waals surface area contributed by atoms with Crippen molar-refractivity contribution in [3.63, 3.8) is 0 Å². The molecule has 4 nitrogen and oxygen atoms in total. The molecular weight excluding hydrogens is 212 g/mol. The number of nitrogens with two attached hydrogens (primary N) is 1. The van der Waals surface area contributed by atoms with Crippen LogP contribution in [0.15, 0.2) is 6.33 Å². The number of nitrogen functional groups attached to an aromatic ring is 1. The second-order valence-corrected chi connectivity index (χ2v) is 5.08. The fourth-order valence-electron chi connectivity index (χ4n) is 2.01. The molecule has 17 heavy (non-hydrogen) atoms. The number of nitrogens with one attached hydrogen (secondary N) is 1. The first-order valence-electron chi connectivity index (χ1n) is 6.34. The van der Waals surface area contributed by atoms with E-state index in [4.69, 9.17) is 5.73 Å². The first kappa shape index (κ1) is 13.7. The Kier molecular flexibility index (Phi) is 4.73. The van der Waals surface area contributed by atoms with Crippen LogP contribution in [-0.2, 0) is 0 Å². The third-order valence-corrected chi connectivity index (χ3v) is 3.06.